The van der Waals surface area contributed by atoms with Crippen LogP contribution in [-0.2, 0) is 4.79 Å². The van der Waals surface area contributed by atoms with Gasteiger partial charge in [-0.3, -0.25) is 4.79 Å². The summed E-state index contributed by atoms with van der Waals surface area (Å²) in [7, 11) is 3.14. The van der Waals surface area contributed by atoms with Gasteiger partial charge in [-0.2, -0.15) is 0 Å². The average Bonchev–Trinajstić information content (AvgIpc) is 2.60. The number of amides is 1. The zero-order valence-corrected chi connectivity index (χ0v) is 13.9. The molecule has 24 heavy (non-hydrogen) atoms. The smallest absolute Gasteiger partial charge is 0.244 e. The van der Waals surface area contributed by atoms with Gasteiger partial charge in [-0.25, -0.2) is 4.39 Å². The molecule has 4 nitrogen and oxygen atoms in total. The van der Waals surface area contributed by atoms with Crippen molar-refractivity contribution in [3.8, 4) is 11.5 Å². The third kappa shape index (κ3) is 4.59. The summed E-state index contributed by atoms with van der Waals surface area (Å²) in [5.41, 5.74) is 1.60. The Bertz CT molecular complexity index is 726. The molecule has 0 aromatic heterocycles. The van der Waals surface area contributed by atoms with Gasteiger partial charge in [0.2, 0.25) is 5.91 Å². The van der Waals surface area contributed by atoms with Crippen molar-refractivity contribution < 1.29 is 18.7 Å². The van der Waals surface area contributed by atoms with Crippen LogP contribution in [0.5, 0.6) is 11.5 Å². The summed E-state index contributed by atoms with van der Waals surface area (Å²) in [5.74, 6) is 0.747. The first-order valence-corrected chi connectivity index (χ1v) is 7.49. The number of hydrogen-bond donors (Lipinski definition) is 1. The van der Waals surface area contributed by atoms with Crippen molar-refractivity contribution in [1.82, 2.24) is 5.32 Å². The van der Waals surface area contributed by atoms with Crippen molar-refractivity contribution in [3.63, 3.8) is 0 Å². The predicted octanol–water partition coefficient (Wildman–Crippen LogP) is 3.73. The molecule has 1 amide bonds. The molecule has 1 atom stereocenters. The highest BCUT2D eigenvalue weighted by atomic mass is 19.1. The normalized spacial score (nSPS) is 12.0. The van der Waals surface area contributed by atoms with Crippen molar-refractivity contribution in [2.45, 2.75) is 13.0 Å². The first kappa shape index (κ1) is 17.5. The minimum atomic E-state index is -0.302. The van der Waals surface area contributed by atoms with Crippen LogP contribution in [0, 0.1) is 5.82 Å². The molecular weight excluding hydrogens is 309 g/mol. The number of nitrogens with one attached hydrogen (secondary N) is 1. The SMILES string of the molecule is COc1ccc(/C=C/C(=O)N[C@H](C)c2ccc(F)cc2)c(OC)c1. The highest BCUT2D eigenvalue weighted by molar-refractivity contribution is 5.92. The van der Waals surface area contributed by atoms with Crippen LogP contribution in [0.2, 0.25) is 0 Å². The van der Waals surface area contributed by atoms with Gasteiger partial charge >= 0.3 is 0 Å². The van der Waals surface area contributed by atoms with E-state index < -0.39 is 0 Å². The number of carbonyl (C=O) groups is 1. The Labute approximate surface area is 140 Å². The molecule has 0 unspecified atom stereocenters. The standard InChI is InChI=1S/C19H20FNO3/c1-13(14-4-8-16(20)9-5-14)21-19(22)11-7-15-6-10-17(23-2)12-18(15)24-3/h4-13H,1-3H3,(H,21,22)/b11-7+/t13-/m1/s1. The highest BCUT2D eigenvalue weighted by Gasteiger charge is 2.08. The van der Waals surface area contributed by atoms with Gasteiger partial charge in [0.1, 0.15) is 17.3 Å². The van der Waals surface area contributed by atoms with Crippen LogP contribution >= 0.6 is 0 Å². The summed E-state index contributed by atoms with van der Waals surface area (Å²) >= 11 is 0. The zero-order chi connectivity index (χ0) is 17.5. The summed E-state index contributed by atoms with van der Waals surface area (Å²) in [4.78, 5) is 12.1. The Morgan fingerprint density at radius 1 is 1.12 bits per heavy atom. The first-order valence-electron chi connectivity index (χ1n) is 7.49. The molecule has 2 aromatic carbocycles. The molecule has 0 radical (unpaired) electrons. The molecule has 0 aliphatic heterocycles. The second-order valence-corrected chi connectivity index (χ2v) is 5.22. The van der Waals surface area contributed by atoms with E-state index in [0.717, 1.165) is 11.1 Å². The Morgan fingerprint density at radius 2 is 1.83 bits per heavy atom. The van der Waals surface area contributed by atoms with Gasteiger partial charge in [0.25, 0.3) is 0 Å². The summed E-state index contributed by atoms with van der Waals surface area (Å²) in [6, 6.07) is 11.2. The highest BCUT2D eigenvalue weighted by Crippen LogP contribution is 2.25. The van der Waals surface area contributed by atoms with Crippen molar-refractivity contribution in [1.29, 1.82) is 0 Å². The van der Waals surface area contributed by atoms with Gasteiger partial charge in [-0.05, 0) is 42.8 Å². The Morgan fingerprint density at radius 3 is 2.46 bits per heavy atom. The third-order valence-electron chi connectivity index (χ3n) is 3.58. The number of rotatable bonds is 6. The van der Waals surface area contributed by atoms with Crippen molar-refractivity contribution in [3.05, 3.63) is 65.5 Å². The Kier molecular flexibility index (Phi) is 5.95. The van der Waals surface area contributed by atoms with E-state index in [0.29, 0.717) is 11.5 Å². The van der Waals surface area contributed by atoms with Crippen molar-refractivity contribution in [2.75, 3.05) is 14.2 Å². The fraction of sp³-hybridized carbons (Fsp3) is 0.211. The molecule has 2 rings (SSSR count). The molecule has 0 saturated carbocycles. The third-order valence-corrected chi connectivity index (χ3v) is 3.58. The molecule has 0 fully saturated rings. The van der Waals surface area contributed by atoms with Gasteiger partial charge in [0.05, 0.1) is 20.3 Å². The molecule has 0 heterocycles. The summed E-state index contributed by atoms with van der Waals surface area (Å²) < 4.78 is 23.3. The minimum absolute atomic E-state index is 0.222. The summed E-state index contributed by atoms with van der Waals surface area (Å²) in [6.07, 6.45) is 3.11. The van der Waals surface area contributed by atoms with E-state index in [-0.39, 0.29) is 17.8 Å². The maximum absolute atomic E-state index is 12.9. The lowest BCUT2D eigenvalue weighted by Gasteiger charge is -2.13. The van der Waals surface area contributed by atoms with Crippen LogP contribution in [0.3, 0.4) is 0 Å². The quantitative estimate of drug-likeness (QED) is 0.822. The lowest BCUT2D eigenvalue weighted by molar-refractivity contribution is -0.117. The van der Waals surface area contributed by atoms with Crippen molar-refractivity contribution >= 4 is 12.0 Å². The molecular formula is C19H20FNO3. The zero-order valence-electron chi connectivity index (χ0n) is 13.9. The monoisotopic (exact) mass is 329 g/mol. The summed E-state index contributed by atoms with van der Waals surface area (Å²) in [6.45, 7) is 1.84. The molecule has 0 aliphatic carbocycles. The fourth-order valence-corrected chi connectivity index (χ4v) is 2.22. The number of methoxy groups -OCH3 is 2. The lowest BCUT2D eigenvalue weighted by Crippen LogP contribution is -2.24. The van der Waals surface area contributed by atoms with Gasteiger partial charge in [-0.1, -0.05) is 12.1 Å². The number of benzene rings is 2. The molecule has 2 aromatic rings. The van der Waals surface area contributed by atoms with Crippen LogP contribution in [0.15, 0.2) is 48.5 Å². The van der Waals surface area contributed by atoms with Gasteiger partial charge in [0, 0.05) is 17.7 Å². The van der Waals surface area contributed by atoms with E-state index in [2.05, 4.69) is 5.32 Å². The summed E-state index contributed by atoms with van der Waals surface area (Å²) in [5, 5.41) is 2.83. The molecule has 0 saturated heterocycles. The van der Waals surface area contributed by atoms with Gasteiger partial charge < -0.3 is 14.8 Å². The van der Waals surface area contributed by atoms with Crippen LogP contribution in [-0.4, -0.2) is 20.1 Å². The minimum Gasteiger partial charge on any atom is -0.497 e. The largest absolute Gasteiger partial charge is 0.497 e. The second kappa shape index (κ2) is 8.15. The van der Waals surface area contributed by atoms with Crippen LogP contribution in [0.25, 0.3) is 6.08 Å². The number of hydrogen-bond acceptors (Lipinski definition) is 3. The number of carbonyl (C=O) groups excluding carboxylic acids is 1. The van der Waals surface area contributed by atoms with E-state index in [9.17, 15) is 9.18 Å². The van der Waals surface area contributed by atoms with Crippen LogP contribution in [0.1, 0.15) is 24.1 Å². The van der Waals surface area contributed by atoms with Gasteiger partial charge in [-0.15, -0.1) is 0 Å². The van der Waals surface area contributed by atoms with E-state index in [1.165, 1.54) is 18.2 Å². The molecule has 0 bridgehead atoms. The fourth-order valence-electron chi connectivity index (χ4n) is 2.22. The average molecular weight is 329 g/mol. The second-order valence-electron chi connectivity index (χ2n) is 5.22. The number of ether oxygens (including phenoxy) is 2. The molecule has 5 heteroatoms. The maximum Gasteiger partial charge on any atom is 0.244 e. The predicted molar refractivity (Wildman–Crippen MR) is 91.5 cm³/mol. The maximum atomic E-state index is 12.9. The van der Waals surface area contributed by atoms with E-state index in [1.54, 1.807) is 44.6 Å². The van der Waals surface area contributed by atoms with Gasteiger partial charge in [0.15, 0.2) is 0 Å². The molecule has 0 aliphatic rings. The van der Waals surface area contributed by atoms with Crippen molar-refractivity contribution in [2.24, 2.45) is 0 Å². The van der Waals surface area contributed by atoms with Crippen LogP contribution in [0.4, 0.5) is 4.39 Å². The molecule has 1 N–H and O–H groups in total. The van der Waals surface area contributed by atoms with E-state index >= 15 is 0 Å². The topological polar surface area (TPSA) is 47.6 Å². The van der Waals surface area contributed by atoms with Crippen LogP contribution < -0.4 is 14.8 Å². The van der Waals surface area contributed by atoms with E-state index in [4.69, 9.17) is 9.47 Å². The Balaban J connectivity index is 2.03. The first-order chi connectivity index (χ1) is 11.5. The van der Waals surface area contributed by atoms with E-state index in [1.807, 2.05) is 13.0 Å². The Hall–Kier alpha value is -2.82. The lowest BCUT2D eigenvalue weighted by atomic mass is 10.1. The number of halogens is 1. The molecule has 126 valence electrons. The molecule has 0 spiro atoms.